The minimum Gasteiger partial charge on any atom is -0.327 e. The summed E-state index contributed by atoms with van der Waals surface area (Å²) in [6.45, 7) is 9.71. The van der Waals surface area contributed by atoms with Gasteiger partial charge in [0.25, 0.3) is 5.91 Å². The number of aromatic nitrogens is 2. The van der Waals surface area contributed by atoms with Gasteiger partial charge in [-0.15, -0.1) is 0 Å². The molecule has 2 amide bonds. The molecule has 1 heterocycles. The van der Waals surface area contributed by atoms with Gasteiger partial charge in [-0.25, -0.2) is 4.98 Å². The second kappa shape index (κ2) is 10.6. The minimum atomic E-state index is -0.306. The van der Waals surface area contributed by atoms with E-state index in [4.69, 9.17) is 4.98 Å². The second-order valence-electron chi connectivity index (χ2n) is 9.41. The molecule has 6 heteroatoms. The average Bonchev–Trinajstić information content (AvgIpc) is 3.26. The summed E-state index contributed by atoms with van der Waals surface area (Å²) in [6, 6.07) is 23.4. The van der Waals surface area contributed by atoms with Gasteiger partial charge in [0.05, 0.1) is 5.69 Å². The van der Waals surface area contributed by atoms with E-state index in [-0.39, 0.29) is 24.4 Å². The molecule has 0 aliphatic carbocycles. The lowest BCUT2D eigenvalue weighted by atomic mass is 10.1. The Morgan fingerprint density at radius 3 is 2.11 bits per heavy atom. The highest BCUT2D eigenvalue weighted by Gasteiger charge is 2.24. The number of aryl methyl sites for hydroxylation is 3. The van der Waals surface area contributed by atoms with Crippen LogP contribution in [0.25, 0.3) is 16.9 Å². The summed E-state index contributed by atoms with van der Waals surface area (Å²) in [4.78, 5) is 32.8. The fraction of sp³-hybridized carbons (Fsp3) is 0.233. The Bertz CT molecular complexity index is 1370. The third kappa shape index (κ3) is 5.54. The van der Waals surface area contributed by atoms with E-state index < -0.39 is 0 Å². The Hall–Kier alpha value is -4.19. The molecule has 0 saturated carbocycles. The molecule has 3 aromatic carbocycles. The summed E-state index contributed by atoms with van der Waals surface area (Å²) in [5, 5.41) is 2.95. The lowest BCUT2D eigenvalue weighted by Crippen LogP contribution is -2.42. The van der Waals surface area contributed by atoms with E-state index in [2.05, 4.69) is 5.32 Å². The number of nitrogens with zero attached hydrogens (tertiary/aromatic N) is 3. The summed E-state index contributed by atoms with van der Waals surface area (Å²) >= 11 is 0. The highest BCUT2D eigenvalue weighted by atomic mass is 16.2. The van der Waals surface area contributed by atoms with Gasteiger partial charge in [0, 0.05) is 29.1 Å². The number of benzene rings is 3. The number of carbonyl (C=O) groups excluding carboxylic acids is 2. The van der Waals surface area contributed by atoms with E-state index in [1.807, 2.05) is 112 Å². The van der Waals surface area contributed by atoms with Gasteiger partial charge in [0.1, 0.15) is 6.54 Å². The molecule has 0 fully saturated rings. The third-order valence-electron chi connectivity index (χ3n) is 6.19. The average molecular weight is 481 g/mol. The molecule has 0 unspecified atom stereocenters. The van der Waals surface area contributed by atoms with E-state index in [9.17, 15) is 9.59 Å². The van der Waals surface area contributed by atoms with Crippen LogP contribution < -0.4 is 5.32 Å². The van der Waals surface area contributed by atoms with E-state index in [1.165, 1.54) is 0 Å². The molecule has 0 aliphatic heterocycles. The fourth-order valence-electron chi connectivity index (χ4n) is 4.01. The van der Waals surface area contributed by atoms with Crippen LogP contribution in [0.3, 0.4) is 0 Å². The van der Waals surface area contributed by atoms with Gasteiger partial charge in [-0.05, 0) is 58.4 Å². The van der Waals surface area contributed by atoms with Crippen LogP contribution in [0.5, 0.6) is 0 Å². The first kappa shape index (κ1) is 24.9. The molecule has 4 aromatic rings. The van der Waals surface area contributed by atoms with Crippen molar-refractivity contribution in [1.29, 1.82) is 0 Å². The van der Waals surface area contributed by atoms with Crippen molar-refractivity contribution < 1.29 is 9.59 Å². The summed E-state index contributed by atoms with van der Waals surface area (Å²) in [5.41, 5.74) is 6.39. The molecule has 1 aromatic heterocycles. The normalized spacial score (nSPS) is 10.9. The molecule has 0 atom stereocenters. The van der Waals surface area contributed by atoms with Crippen molar-refractivity contribution in [1.82, 2.24) is 14.5 Å². The van der Waals surface area contributed by atoms with Crippen LogP contribution >= 0.6 is 0 Å². The Kier molecular flexibility index (Phi) is 7.34. The predicted octanol–water partition coefficient (Wildman–Crippen LogP) is 5.95. The molecule has 0 aliphatic rings. The van der Waals surface area contributed by atoms with Crippen LogP contribution in [0.1, 0.15) is 40.9 Å². The smallest absolute Gasteiger partial charge is 0.254 e. The van der Waals surface area contributed by atoms with Crippen LogP contribution in [0.15, 0.2) is 79.0 Å². The predicted molar refractivity (Wildman–Crippen MR) is 144 cm³/mol. The third-order valence-corrected chi connectivity index (χ3v) is 6.19. The lowest BCUT2D eigenvalue weighted by molar-refractivity contribution is -0.117. The molecule has 6 nitrogen and oxygen atoms in total. The molecular formula is C30H32N4O2. The zero-order chi connectivity index (χ0) is 25.8. The topological polar surface area (TPSA) is 67.2 Å². The number of rotatable bonds is 7. The first-order valence-corrected chi connectivity index (χ1v) is 12.1. The summed E-state index contributed by atoms with van der Waals surface area (Å²) in [5.74, 6) is -0.0630. The van der Waals surface area contributed by atoms with Gasteiger partial charge >= 0.3 is 0 Å². The van der Waals surface area contributed by atoms with Crippen molar-refractivity contribution >= 4 is 17.8 Å². The molecule has 0 radical (unpaired) electrons. The Labute approximate surface area is 212 Å². The number of nitrogens with one attached hydrogen (secondary N) is 1. The number of amides is 2. The highest BCUT2D eigenvalue weighted by molar-refractivity contribution is 6.00. The van der Waals surface area contributed by atoms with Crippen molar-refractivity contribution in [2.45, 2.75) is 40.7 Å². The van der Waals surface area contributed by atoms with Gasteiger partial charge in [0.2, 0.25) is 11.9 Å². The van der Waals surface area contributed by atoms with E-state index >= 15 is 0 Å². The van der Waals surface area contributed by atoms with Crippen molar-refractivity contribution in [3.8, 4) is 16.9 Å². The van der Waals surface area contributed by atoms with E-state index in [0.717, 1.165) is 33.6 Å². The first-order chi connectivity index (χ1) is 17.2. The molecule has 0 bridgehead atoms. The maximum Gasteiger partial charge on any atom is 0.254 e. The van der Waals surface area contributed by atoms with Crippen LogP contribution in [0, 0.1) is 20.8 Å². The molecular weight excluding hydrogens is 448 g/mol. The monoisotopic (exact) mass is 480 g/mol. The quantitative estimate of drug-likeness (QED) is 0.355. The van der Waals surface area contributed by atoms with Crippen LogP contribution in [0.2, 0.25) is 0 Å². The maximum atomic E-state index is 13.3. The lowest BCUT2D eigenvalue weighted by Gasteiger charge is -2.26. The van der Waals surface area contributed by atoms with Gasteiger partial charge in [-0.2, -0.15) is 0 Å². The number of hydrogen-bond acceptors (Lipinski definition) is 3. The Morgan fingerprint density at radius 2 is 1.50 bits per heavy atom. The van der Waals surface area contributed by atoms with E-state index in [0.29, 0.717) is 11.5 Å². The molecule has 0 saturated heterocycles. The fourth-order valence-corrected chi connectivity index (χ4v) is 4.01. The number of anilines is 1. The molecule has 4 rings (SSSR count). The first-order valence-electron chi connectivity index (χ1n) is 12.1. The standard InChI is InChI=1S/C30H32N4O2/c1-20(2)33(29(36)26-9-7-6-8-23(26)5)19-28(35)32-30-31-27(24-14-10-21(3)11-15-24)18-34(30)25-16-12-22(4)13-17-25/h6-18,20H,19H2,1-5H3,(H,31,32,35). The van der Waals surface area contributed by atoms with E-state index in [1.54, 1.807) is 11.0 Å². The Morgan fingerprint density at radius 1 is 0.889 bits per heavy atom. The van der Waals surface area contributed by atoms with Crippen molar-refractivity contribution in [3.05, 3.63) is 101 Å². The van der Waals surface area contributed by atoms with Crippen LogP contribution in [0.4, 0.5) is 5.95 Å². The maximum absolute atomic E-state index is 13.3. The zero-order valence-electron chi connectivity index (χ0n) is 21.4. The summed E-state index contributed by atoms with van der Waals surface area (Å²) in [6.07, 6.45) is 1.92. The minimum absolute atomic E-state index is 0.0779. The SMILES string of the molecule is Cc1ccc(-c2cn(-c3ccc(C)cc3)c(NC(=O)CN(C(=O)c3ccccc3C)C(C)C)n2)cc1. The van der Waals surface area contributed by atoms with Crippen LogP contribution in [-0.2, 0) is 4.79 Å². The number of carbonyl (C=O) groups is 2. The second-order valence-corrected chi connectivity index (χ2v) is 9.41. The molecule has 0 spiro atoms. The largest absolute Gasteiger partial charge is 0.327 e. The van der Waals surface area contributed by atoms with Crippen molar-refractivity contribution in [2.75, 3.05) is 11.9 Å². The zero-order valence-corrected chi connectivity index (χ0v) is 21.4. The summed E-state index contributed by atoms with van der Waals surface area (Å²) < 4.78 is 1.87. The van der Waals surface area contributed by atoms with Gasteiger partial charge in [0.15, 0.2) is 0 Å². The van der Waals surface area contributed by atoms with Crippen molar-refractivity contribution in [2.24, 2.45) is 0 Å². The number of hydrogen-bond donors (Lipinski definition) is 1. The molecule has 1 N–H and O–H groups in total. The van der Waals surface area contributed by atoms with Crippen molar-refractivity contribution in [3.63, 3.8) is 0 Å². The molecule has 184 valence electrons. The molecule has 36 heavy (non-hydrogen) atoms. The highest BCUT2D eigenvalue weighted by Crippen LogP contribution is 2.25. The van der Waals surface area contributed by atoms with Gasteiger partial charge in [-0.1, -0.05) is 65.7 Å². The Balaban J connectivity index is 1.63. The van der Waals surface area contributed by atoms with Crippen LogP contribution in [-0.4, -0.2) is 38.9 Å². The number of imidazole rings is 1. The van der Waals surface area contributed by atoms with Gasteiger partial charge < -0.3 is 4.90 Å². The van der Waals surface area contributed by atoms with Gasteiger partial charge in [-0.3, -0.25) is 19.5 Å². The summed E-state index contributed by atoms with van der Waals surface area (Å²) in [7, 11) is 0.